The lowest BCUT2D eigenvalue weighted by atomic mass is 10.0. The van der Waals surface area contributed by atoms with Gasteiger partial charge in [-0.05, 0) is 17.7 Å². The third-order valence-corrected chi connectivity index (χ3v) is 3.85. The number of benzene rings is 1. The lowest BCUT2D eigenvalue weighted by Gasteiger charge is -2.10. The van der Waals surface area contributed by atoms with E-state index in [1.54, 1.807) is 7.11 Å². The second-order valence-corrected chi connectivity index (χ2v) is 5.43. The minimum Gasteiger partial charge on any atom is -0.493 e. The normalized spacial score (nSPS) is 16.7. The molecule has 1 unspecified atom stereocenters. The van der Waals surface area contributed by atoms with Crippen LogP contribution in [0.2, 0.25) is 0 Å². The smallest absolute Gasteiger partial charge is 0.122 e. The number of hydrogen-bond donors (Lipinski definition) is 1. The van der Waals surface area contributed by atoms with Gasteiger partial charge in [0.1, 0.15) is 5.75 Å². The van der Waals surface area contributed by atoms with E-state index < -0.39 is 0 Å². The van der Waals surface area contributed by atoms with Gasteiger partial charge in [-0.15, -0.1) is 0 Å². The van der Waals surface area contributed by atoms with Crippen molar-refractivity contribution >= 4 is 0 Å². The molecule has 1 aromatic carbocycles. The van der Waals surface area contributed by atoms with Crippen LogP contribution in [0.4, 0.5) is 0 Å². The molecular formula is C17H22N2O2. The molecule has 0 spiro atoms. The highest BCUT2D eigenvalue weighted by atomic mass is 16.5. The minimum absolute atomic E-state index is 0.447. The highest BCUT2D eigenvalue weighted by Crippen LogP contribution is 2.34. The van der Waals surface area contributed by atoms with Gasteiger partial charge in [0, 0.05) is 50.6 Å². The molecule has 0 saturated carbocycles. The second-order valence-electron chi connectivity index (χ2n) is 5.43. The number of nitrogens with one attached hydrogen (secondary N) is 1. The van der Waals surface area contributed by atoms with E-state index in [1.807, 2.05) is 6.07 Å². The fourth-order valence-corrected chi connectivity index (χ4v) is 2.75. The summed E-state index contributed by atoms with van der Waals surface area (Å²) in [6, 6.07) is 10.5. The van der Waals surface area contributed by atoms with Crippen LogP contribution in [0.3, 0.4) is 0 Å². The third-order valence-electron chi connectivity index (χ3n) is 3.85. The number of ether oxygens (including phenoxy) is 2. The highest BCUT2D eigenvalue weighted by Gasteiger charge is 2.23. The number of rotatable bonds is 7. The van der Waals surface area contributed by atoms with Crippen molar-refractivity contribution in [2.24, 2.45) is 0 Å². The molecule has 3 rings (SSSR count). The summed E-state index contributed by atoms with van der Waals surface area (Å²) in [5.41, 5.74) is 2.63. The number of nitrogens with zero attached hydrogens (tertiary/aromatic N) is 1. The lowest BCUT2D eigenvalue weighted by Crippen LogP contribution is -2.18. The van der Waals surface area contributed by atoms with E-state index in [2.05, 4.69) is 46.5 Å². The molecule has 4 nitrogen and oxygen atoms in total. The standard InChI is InChI=1S/C17H22N2O2/c1-20-9-7-18-10-14-6-8-19(11-14)12-15-13-21-17-5-3-2-4-16(15)17/h2-6,8,11,15,18H,7,9-10,12-13H2,1H3. The summed E-state index contributed by atoms with van der Waals surface area (Å²) in [6.07, 6.45) is 4.36. The molecule has 112 valence electrons. The summed E-state index contributed by atoms with van der Waals surface area (Å²) in [5.74, 6) is 1.49. The highest BCUT2D eigenvalue weighted by molar-refractivity contribution is 5.39. The fourth-order valence-electron chi connectivity index (χ4n) is 2.75. The Morgan fingerprint density at radius 2 is 2.24 bits per heavy atom. The molecule has 0 aliphatic carbocycles. The zero-order valence-electron chi connectivity index (χ0n) is 12.4. The number of methoxy groups -OCH3 is 1. The van der Waals surface area contributed by atoms with Crippen molar-refractivity contribution in [3.8, 4) is 5.75 Å². The Bertz CT molecular complexity index is 580. The van der Waals surface area contributed by atoms with Crippen LogP contribution in [0.25, 0.3) is 0 Å². The molecule has 4 heteroatoms. The summed E-state index contributed by atoms with van der Waals surface area (Å²) in [7, 11) is 1.72. The van der Waals surface area contributed by atoms with Crippen molar-refractivity contribution < 1.29 is 9.47 Å². The van der Waals surface area contributed by atoms with Crippen molar-refractivity contribution in [1.29, 1.82) is 0 Å². The molecule has 0 radical (unpaired) electrons. The fraction of sp³-hybridized carbons (Fsp3) is 0.412. The summed E-state index contributed by atoms with van der Waals surface area (Å²) in [4.78, 5) is 0. The third kappa shape index (κ3) is 3.46. The average molecular weight is 286 g/mol. The molecule has 0 amide bonds. The SMILES string of the molecule is COCCNCc1ccn(CC2COc3ccccc32)c1. The van der Waals surface area contributed by atoms with Crippen molar-refractivity contribution in [1.82, 2.24) is 9.88 Å². The van der Waals surface area contributed by atoms with Gasteiger partial charge in [-0.1, -0.05) is 18.2 Å². The Labute approximate surface area is 125 Å². The zero-order valence-corrected chi connectivity index (χ0v) is 12.4. The molecule has 1 aromatic heterocycles. The molecule has 0 saturated heterocycles. The molecule has 2 heterocycles. The molecule has 0 fully saturated rings. The van der Waals surface area contributed by atoms with E-state index >= 15 is 0 Å². The number of hydrogen-bond acceptors (Lipinski definition) is 3. The first-order valence-corrected chi connectivity index (χ1v) is 7.43. The van der Waals surface area contributed by atoms with Gasteiger partial charge < -0.3 is 19.4 Å². The molecule has 2 aromatic rings. The summed E-state index contributed by atoms with van der Waals surface area (Å²) >= 11 is 0. The van der Waals surface area contributed by atoms with Crippen molar-refractivity contribution in [2.75, 3.05) is 26.9 Å². The van der Waals surface area contributed by atoms with E-state index in [-0.39, 0.29) is 0 Å². The minimum atomic E-state index is 0.447. The van der Waals surface area contributed by atoms with Gasteiger partial charge in [0.15, 0.2) is 0 Å². The Hall–Kier alpha value is -1.78. The monoisotopic (exact) mass is 286 g/mol. The topological polar surface area (TPSA) is 35.4 Å². The first kappa shape index (κ1) is 14.2. The number of para-hydroxylation sites is 1. The predicted octanol–water partition coefficient (Wildman–Crippen LogP) is 2.40. The van der Waals surface area contributed by atoms with Crippen LogP contribution in [-0.4, -0.2) is 31.4 Å². The Kier molecular flexibility index (Phi) is 4.58. The largest absolute Gasteiger partial charge is 0.493 e. The maximum atomic E-state index is 5.74. The van der Waals surface area contributed by atoms with Crippen molar-refractivity contribution in [3.05, 3.63) is 53.9 Å². The molecule has 1 atom stereocenters. The van der Waals surface area contributed by atoms with Crippen LogP contribution >= 0.6 is 0 Å². The molecule has 1 aliphatic rings. The maximum absolute atomic E-state index is 5.74. The van der Waals surface area contributed by atoms with Crippen molar-refractivity contribution in [3.63, 3.8) is 0 Å². The summed E-state index contributed by atoms with van der Waals surface area (Å²) in [5, 5.41) is 3.36. The van der Waals surface area contributed by atoms with Crippen LogP contribution in [0.1, 0.15) is 17.0 Å². The number of aromatic nitrogens is 1. The van der Waals surface area contributed by atoms with Crippen LogP contribution in [0.15, 0.2) is 42.7 Å². The van der Waals surface area contributed by atoms with Gasteiger partial charge in [-0.2, -0.15) is 0 Å². The van der Waals surface area contributed by atoms with E-state index in [1.165, 1.54) is 11.1 Å². The van der Waals surface area contributed by atoms with Crippen LogP contribution < -0.4 is 10.1 Å². The van der Waals surface area contributed by atoms with Gasteiger partial charge in [-0.25, -0.2) is 0 Å². The van der Waals surface area contributed by atoms with Gasteiger partial charge in [0.05, 0.1) is 13.2 Å². The molecular weight excluding hydrogens is 264 g/mol. The lowest BCUT2D eigenvalue weighted by molar-refractivity contribution is 0.199. The van der Waals surface area contributed by atoms with Gasteiger partial charge in [-0.3, -0.25) is 0 Å². The predicted molar refractivity (Wildman–Crippen MR) is 82.7 cm³/mol. The van der Waals surface area contributed by atoms with E-state index in [4.69, 9.17) is 9.47 Å². The van der Waals surface area contributed by atoms with Crippen LogP contribution in [-0.2, 0) is 17.8 Å². The quantitative estimate of drug-likeness (QED) is 0.794. The van der Waals surface area contributed by atoms with Gasteiger partial charge in [0.25, 0.3) is 0 Å². The van der Waals surface area contributed by atoms with E-state index in [0.29, 0.717) is 5.92 Å². The summed E-state index contributed by atoms with van der Waals surface area (Å²) in [6.45, 7) is 4.25. The first-order valence-electron chi connectivity index (χ1n) is 7.43. The van der Waals surface area contributed by atoms with Crippen molar-refractivity contribution in [2.45, 2.75) is 19.0 Å². The Morgan fingerprint density at radius 3 is 3.14 bits per heavy atom. The van der Waals surface area contributed by atoms with E-state index in [0.717, 1.165) is 38.6 Å². The van der Waals surface area contributed by atoms with Crippen LogP contribution in [0, 0.1) is 0 Å². The van der Waals surface area contributed by atoms with Crippen LogP contribution in [0.5, 0.6) is 5.75 Å². The Balaban J connectivity index is 1.56. The van der Waals surface area contributed by atoms with E-state index in [9.17, 15) is 0 Å². The second kappa shape index (κ2) is 6.78. The van der Waals surface area contributed by atoms with Gasteiger partial charge >= 0.3 is 0 Å². The average Bonchev–Trinajstić information content (AvgIpc) is 3.12. The number of fused-ring (bicyclic) bond motifs is 1. The molecule has 1 N–H and O–H groups in total. The zero-order chi connectivity index (χ0) is 14.5. The van der Waals surface area contributed by atoms with Gasteiger partial charge in [0.2, 0.25) is 0 Å². The molecule has 0 bridgehead atoms. The first-order chi connectivity index (χ1) is 10.4. The molecule has 1 aliphatic heterocycles. The maximum Gasteiger partial charge on any atom is 0.122 e. The Morgan fingerprint density at radius 1 is 1.33 bits per heavy atom. The molecule has 21 heavy (non-hydrogen) atoms. The summed E-state index contributed by atoms with van der Waals surface area (Å²) < 4.78 is 13.0.